The molecule has 0 aromatic rings. The van der Waals surface area contributed by atoms with Crippen LogP contribution in [0.4, 0.5) is 19.2 Å². The third-order valence-corrected chi connectivity index (χ3v) is 27.2. The van der Waals surface area contributed by atoms with Crippen molar-refractivity contribution in [2.75, 3.05) is 52.6 Å². The van der Waals surface area contributed by atoms with E-state index in [0.29, 0.717) is 64.4 Å². The summed E-state index contributed by atoms with van der Waals surface area (Å²) < 4.78 is 35.4. The van der Waals surface area contributed by atoms with Crippen LogP contribution in [0.5, 0.6) is 0 Å². The maximum absolute atomic E-state index is 12.3. The lowest BCUT2D eigenvalue weighted by Gasteiger charge is -2.38. The van der Waals surface area contributed by atoms with Gasteiger partial charge in [-0.1, -0.05) is 233 Å². The number of ether oxygens (including phenoxy) is 4. The molecule has 0 heterocycles. The second-order valence-corrected chi connectivity index (χ2v) is 38.8. The Morgan fingerprint density at radius 1 is 0.313 bits per heavy atom. The van der Waals surface area contributed by atoms with Crippen molar-refractivity contribution in [1.82, 2.24) is 21.3 Å². The quantitative estimate of drug-likeness (QED) is 0.0261. The highest BCUT2D eigenvalue weighted by Crippen LogP contribution is 2.26. The molecule has 0 bridgehead atoms. The number of carbonyl (C=O) groups is 4. The van der Waals surface area contributed by atoms with E-state index in [4.69, 9.17) is 27.2 Å². The summed E-state index contributed by atoms with van der Waals surface area (Å²) in [6.45, 7) is 25.9. The van der Waals surface area contributed by atoms with Crippen molar-refractivity contribution in [1.29, 1.82) is 0 Å². The molecule has 0 fully saturated rings. The molecule has 0 rings (SSSR count). The van der Waals surface area contributed by atoms with Gasteiger partial charge in [-0.15, -0.1) is 0 Å². The first-order chi connectivity index (χ1) is 39.9. The smallest absolute Gasteiger partial charge is 0.407 e. The van der Waals surface area contributed by atoms with Gasteiger partial charge in [0.25, 0.3) is 0 Å². The molecule has 0 aromatic heterocycles. The third-order valence-electron chi connectivity index (χ3n) is 15.7. The van der Waals surface area contributed by atoms with E-state index in [1.165, 1.54) is 180 Å². The molecule has 0 saturated heterocycles. The van der Waals surface area contributed by atoms with Gasteiger partial charge in [-0.3, -0.25) is 0 Å². The van der Waals surface area contributed by atoms with Crippen LogP contribution in [-0.4, -0.2) is 102 Å². The van der Waals surface area contributed by atoms with Gasteiger partial charge in [0.05, 0.1) is 26.4 Å². The lowest BCUT2D eigenvalue weighted by Crippen LogP contribution is -2.52. The zero-order valence-corrected chi connectivity index (χ0v) is 59.1. The van der Waals surface area contributed by atoms with Crippen LogP contribution in [0, 0.1) is 11.8 Å². The van der Waals surface area contributed by atoms with Crippen LogP contribution in [0.2, 0.25) is 51.4 Å². The summed E-state index contributed by atoms with van der Waals surface area (Å²) in [6.07, 6.45) is 47.8. The van der Waals surface area contributed by atoms with Gasteiger partial charge in [-0.2, -0.15) is 0 Å². The number of alkyl carbamates (subject to hydrolysis) is 4. The van der Waals surface area contributed by atoms with Crippen LogP contribution in [0.25, 0.3) is 0 Å². The summed E-state index contributed by atoms with van der Waals surface area (Å²) in [6, 6.07) is 1.72. The van der Waals surface area contributed by atoms with Gasteiger partial charge >= 0.3 is 32.9 Å². The van der Waals surface area contributed by atoms with Crippen LogP contribution in [0.15, 0.2) is 0 Å². The highest BCUT2D eigenvalue weighted by Gasteiger charge is 2.39. The number of amides is 4. The molecule has 83 heavy (non-hydrogen) atoms. The molecule has 0 aliphatic carbocycles. The van der Waals surface area contributed by atoms with E-state index in [0.717, 1.165) is 89.1 Å². The highest BCUT2D eigenvalue weighted by atomic mass is 28.5. The Morgan fingerprint density at radius 3 is 0.807 bits per heavy atom. The van der Waals surface area contributed by atoms with Crippen molar-refractivity contribution >= 4 is 49.6 Å². The minimum atomic E-state index is -2.43. The van der Waals surface area contributed by atoms with Crippen LogP contribution in [0.3, 0.4) is 0 Å². The fourth-order valence-corrected chi connectivity index (χ4v) is 24.9. The normalized spacial score (nSPS) is 12.7. The molecule has 14 nitrogen and oxygen atoms in total. The van der Waals surface area contributed by atoms with E-state index >= 15 is 0 Å². The topological polar surface area (TPSA) is 172 Å². The van der Waals surface area contributed by atoms with Crippen molar-refractivity contribution in [3.63, 3.8) is 0 Å². The fraction of sp³-hybridized carbons (Fsp3) is 0.939. The molecule has 4 amide bonds. The molecule has 492 valence electrons. The monoisotopic (exact) mass is 1230 g/mol. The summed E-state index contributed by atoms with van der Waals surface area (Å²) >= 11 is 0. The Labute approximate surface area is 515 Å². The summed E-state index contributed by atoms with van der Waals surface area (Å²) in [4.78, 5) is 49.0. The average molecular weight is 1230 g/mol. The zero-order chi connectivity index (χ0) is 61.4. The minimum absolute atomic E-state index is 0.325. The highest BCUT2D eigenvalue weighted by molar-refractivity contribution is 6.87. The van der Waals surface area contributed by atoms with Gasteiger partial charge in [0.2, 0.25) is 0 Å². The first-order valence-electron chi connectivity index (χ1n) is 34.9. The number of carbonyl (C=O) groups excluding carboxylic acids is 4. The fourth-order valence-electron chi connectivity index (χ4n) is 10.9. The van der Waals surface area contributed by atoms with Gasteiger partial charge in [0, 0.05) is 26.2 Å². The predicted octanol–water partition coefficient (Wildman–Crippen LogP) is 20.0. The Kier molecular flexibility index (Phi) is 54.6. The molecule has 0 radical (unpaired) electrons. The largest absolute Gasteiger partial charge is 0.450 e. The zero-order valence-electron chi connectivity index (χ0n) is 56.1. The SMILES string of the molecule is CCCCCCCCCCCCCCCCC(C)COC(=O)NCCCCCCNC(=O)OCCC[Si](C)(C)O[Si](C)(C)O[Si](C)(C)CCCOC(=O)NCCCCCCNC(=O)OCC(C)CCCCCCCCCCCCCCCC. The Bertz CT molecular complexity index is 1410. The molecule has 17 heteroatoms. The van der Waals surface area contributed by atoms with Crippen LogP contribution < -0.4 is 21.3 Å². The second-order valence-electron chi connectivity index (χ2n) is 26.3. The molecule has 2 atom stereocenters. The average Bonchev–Trinajstić information content (AvgIpc) is 3.53. The van der Waals surface area contributed by atoms with E-state index in [2.05, 4.69) is 88.2 Å². The molecule has 2 unspecified atom stereocenters. The van der Waals surface area contributed by atoms with Crippen molar-refractivity contribution in [3.05, 3.63) is 0 Å². The maximum atomic E-state index is 12.3. The summed E-state index contributed by atoms with van der Waals surface area (Å²) in [5.41, 5.74) is 0. The first kappa shape index (κ1) is 80.7. The third kappa shape index (κ3) is 59.8. The standard InChI is InChI=1S/C66H136N4O10Si3/c1-11-13-15-17-19-21-23-25-27-29-31-33-35-41-49-61(3)59-77-65(73)69-53-45-39-37-43-51-67-63(71)75-55-47-57-81(5,6)79-83(9,10)80-82(7,8)58-48-56-76-64(72)68-52-44-38-40-46-54-70-66(74)78-60-62(4)50-42-36-34-32-30-28-26-24-22-20-18-16-14-12-2/h61-62H,11-60H2,1-10H3,(H,67,71)(H,68,72)(H,69,73)(H,70,74). The van der Waals surface area contributed by atoms with E-state index in [1.54, 1.807) is 0 Å². The Hall–Kier alpha value is -2.35. The number of nitrogens with one attached hydrogen (secondary N) is 4. The molecular formula is C66H136N4O10Si3. The summed E-state index contributed by atoms with van der Waals surface area (Å²) in [5, 5.41) is 11.5. The molecule has 4 N–H and O–H groups in total. The van der Waals surface area contributed by atoms with Gasteiger partial charge in [-0.05, 0) is 115 Å². The van der Waals surface area contributed by atoms with Gasteiger partial charge in [-0.25, -0.2) is 19.2 Å². The number of hydrogen-bond acceptors (Lipinski definition) is 10. The Balaban J connectivity index is 3.82. The van der Waals surface area contributed by atoms with Crippen molar-refractivity contribution in [3.8, 4) is 0 Å². The summed E-state index contributed by atoms with van der Waals surface area (Å²) in [5.74, 6) is 0.769. The molecule has 0 spiro atoms. The van der Waals surface area contributed by atoms with Gasteiger partial charge in [0.1, 0.15) is 0 Å². The number of unbranched alkanes of at least 4 members (excludes halogenated alkanes) is 32. The van der Waals surface area contributed by atoms with E-state index in [1.807, 2.05) is 0 Å². The molecule has 0 saturated carbocycles. The molecule has 0 aliphatic heterocycles. The molecule has 0 aliphatic rings. The van der Waals surface area contributed by atoms with Gasteiger partial charge < -0.3 is 48.4 Å². The van der Waals surface area contributed by atoms with Crippen LogP contribution in [-0.2, 0) is 27.2 Å². The van der Waals surface area contributed by atoms with E-state index in [-0.39, 0.29) is 24.4 Å². The first-order valence-corrected chi connectivity index (χ1v) is 44.0. The molecule has 0 aromatic carbocycles. The van der Waals surface area contributed by atoms with E-state index in [9.17, 15) is 19.2 Å². The van der Waals surface area contributed by atoms with Crippen LogP contribution >= 0.6 is 0 Å². The molecular weight excluding hydrogens is 1090 g/mol. The van der Waals surface area contributed by atoms with Crippen molar-refractivity contribution in [2.24, 2.45) is 11.8 Å². The van der Waals surface area contributed by atoms with Crippen molar-refractivity contribution < 1.29 is 46.4 Å². The Morgan fingerprint density at radius 2 is 0.542 bits per heavy atom. The van der Waals surface area contributed by atoms with Gasteiger partial charge in [0.15, 0.2) is 16.6 Å². The maximum Gasteiger partial charge on any atom is 0.407 e. The second kappa shape index (κ2) is 56.2. The van der Waals surface area contributed by atoms with E-state index < -0.39 is 25.2 Å². The predicted molar refractivity (Wildman–Crippen MR) is 356 cm³/mol. The lowest BCUT2D eigenvalue weighted by molar-refractivity contribution is 0.126. The summed E-state index contributed by atoms with van der Waals surface area (Å²) in [7, 11) is -6.60. The van der Waals surface area contributed by atoms with Crippen LogP contribution in [0.1, 0.15) is 285 Å². The lowest BCUT2D eigenvalue weighted by atomic mass is 10.0. The number of hydrogen-bond donors (Lipinski definition) is 4. The number of rotatable bonds is 60. The van der Waals surface area contributed by atoms with Crippen molar-refractivity contribution in [2.45, 2.75) is 336 Å². The minimum Gasteiger partial charge on any atom is -0.450 e.